The summed E-state index contributed by atoms with van der Waals surface area (Å²) in [5.74, 6) is 0.500. The van der Waals surface area contributed by atoms with E-state index in [2.05, 4.69) is 32.9 Å². The number of Topliss-reactive ketones (excluding diaryl/α,β-unsaturated/α-hetero) is 1. The van der Waals surface area contributed by atoms with Crippen LogP contribution in [0.25, 0.3) is 5.57 Å². The first-order chi connectivity index (χ1) is 11.5. The van der Waals surface area contributed by atoms with Gasteiger partial charge in [0.05, 0.1) is 5.57 Å². The molecule has 0 saturated carbocycles. The quantitative estimate of drug-likeness (QED) is 0.819. The highest BCUT2D eigenvalue weighted by Crippen LogP contribution is 2.37. The molecule has 2 rings (SSSR count). The maximum Gasteiger partial charge on any atom is 0.167 e. The van der Waals surface area contributed by atoms with Crippen LogP contribution in [0.4, 0.5) is 0 Å². The second-order valence-electron chi connectivity index (χ2n) is 6.26. The molecule has 1 aliphatic rings. The van der Waals surface area contributed by atoms with Gasteiger partial charge < -0.3 is 10.8 Å². The Morgan fingerprint density at radius 3 is 2.08 bits per heavy atom. The van der Waals surface area contributed by atoms with Gasteiger partial charge in [0.25, 0.3) is 0 Å². The molecule has 0 radical (unpaired) electrons. The van der Waals surface area contributed by atoms with Crippen LogP contribution in [-0.2, 0) is 17.6 Å². The molecule has 0 spiro atoms. The molecular formula is C21H33NO2. The van der Waals surface area contributed by atoms with Crippen LogP contribution in [0.2, 0.25) is 0 Å². The van der Waals surface area contributed by atoms with Crippen LogP contribution >= 0.6 is 0 Å². The predicted octanol–water partition coefficient (Wildman–Crippen LogP) is 4.74. The smallest absolute Gasteiger partial charge is 0.167 e. The van der Waals surface area contributed by atoms with Crippen LogP contribution < -0.4 is 5.73 Å². The highest BCUT2D eigenvalue weighted by atomic mass is 16.3. The van der Waals surface area contributed by atoms with Crippen molar-refractivity contribution in [2.45, 2.75) is 66.7 Å². The third-order valence-electron chi connectivity index (χ3n) is 4.56. The van der Waals surface area contributed by atoms with Crippen molar-refractivity contribution in [2.75, 3.05) is 6.54 Å². The fourth-order valence-electron chi connectivity index (χ4n) is 3.52. The Balaban J connectivity index is 0.00000139. The molecule has 1 aliphatic carbocycles. The molecule has 0 heterocycles. The molecule has 1 unspecified atom stereocenters. The summed E-state index contributed by atoms with van der Waals surface area (Å²) in [7, 11) is 0. The summed E-state index contributed by atoms with van der Waals surface area (Å²) >= 11 is 0. The van der Waals surface area contributed by atoms with Gasteiger partial charge in [0, 0.05) is 12.8 Å². The third-order valence-corrected chi connectivity index (χ3v) is 4.56. The van der Waals surface area contributed by atoms with Crippen LogP contribution in [0.1, 0.15) is 69.2 Å². The molecule has 0 bridgehead atoms. The van der Waals surface area contributed by atoms with Crippen molar-refractivity contribution in [1.82, 2.24) is 0 Å². The van der Waals surface area contributed by atoms with Crippen LogP contribution in [0, 0.1) is 12.8 Å². The number of ketones is 1. The summed E-state index contributed by atoms with van der Waals surface area (Å²) in [4.78, 5) is 12.7. The Kier molecular flexibility index (Phi) is 8.20. The van der Waals surface area contributed by atoms with Gasteiger partial charge in [-0.2, -0.15) is 0 Å². The van der Waals surface area contributed by atoms with E-state index in [4.69, 9.17) is 5.73 Å². The van der Waals surface area contributed by atoms with E-state index in [-0.39, 0.29) is 17.5 Å². The number of nitrogens with two attached hydrogens (primary N) is 1. The van der Waals surface area contributed by atoms with Crippen LogP contribution in [0.3, 0.4) is 0 Å². The number of benzene rings is 1. The van der Waals surface area contributed by atoms with Crippen LogP contribution in [0.5, 0.6) is 0 Å². The molecule has 3 heteroatoms. The fraction of sp³-hybridized carbons (Fsp3) is 0.571. The standard InChI is InChI=1S/C19H27NO2.C2H6/c1-4-14-8-12(3)9-15(5-2)18(14)19-16(21)10-13(6-7-20)11-17(19)22;1-2/h8-9,13,21H,4-7,10-11,20H2,1-3H3;1-2H3. The Morgan fingerprint density at radius 2 is 1.67 bits per heavy atom. The van der Waals surface area contributed by atoms with E-state index in [9.17, 15) is 9.90 Å². The third kappa shape index (κ3) is 4.47. The lowest BCUT2D eigenvalue weighted by Crippen LogP contribution is -2.22. The first kappa shape index (κ1) is 20.4. The van der Waals surface area contributed by atoms with Gasteiger partial charge in [-0.1, -0.05) is 45.4 Å². The number of aliphatic hydroxyl groups is 1. The Bertz CT molecular complexity index is 577. The molecule has 24 heavy (non-hydrogen) atoms. The fourth-order valence-corrected chi connectivity index (χ4v) is 3.52. The number of hydrogen-bond acceptors (Lipinski definition) is 3. The van der Waals surface area contributed by atoms with Crippen molar-refractivity contribution in [3.63, 3.8) is 0 Å². The molecule has 0 aromatic heterocycles. The van der Waals surface area contributed by atoms with Gasteiger partial charge in [-0.15, -0.1) is 0 Å². The zero-order valence-electron chi connectivity index (χ0n) is 15.9. The van der Waals surface area contributed by atoms with Gasteiger partial charge in [0.1, 0.15) is 5.76 Å². The van der Waals surface area contributed by atoms with E-state index >= 15 is 0 Å². The van der Waals surface area contributed by atoms with Crippen molar-refractivity contribution in [3.8, 4) is 0 Å². The topological polar surface area (TPSA) is 63.3 Å². The molecule has 3 N–H and O–H groups in total. The Hall–Kier alpha value is -1.61. The molecule has 3 nitrogen and oxygen atoms in total. The molecule has 1 atom stereocenters. The van der Waals surface area contributed by atoms with E-state index in [0.717, 1.165) is 36.0 Å². The summed E-state index contributed by atoms with van der Waals surface area (Å²) in [6.45, 7) is 10.8. The lowest BCUT2D eigenvalue weighted by Gasteiger charge is -2.26. The summed E-state index contributed by atoms with van der Waals surface area (Å²) in [5.41, 5.74) is 10.7. The Labute approximate surface area is 147 Å². The van der Waals surface area contributed by atoms with Crippen molar-refractivity contribution >= 4 is 11.4 Å². The van der Waals surface area contributed by atoms with Gasteiger partial charge in [-0.25, -0.2) is 0 Å². The number of allylic oxidation sites excluding steroid dienone is 2. The van der Waals surface area contributed by atoms with Gasteiger partial charge in [0.15, 0.2) is 5.78 Å². The zero-order chi connectivity index (χ0) is 18.3. The summed E-state index contributed by atoms with van der Waals surface area (Å²) in [6, 6.07) is 4.27. The van der Waals surface area contributed by atoms with Crippen molar-refractivity contribution in [3.05, 3.63) is 40.1 Å². The van der Waals surface area contributed by atoms with E-state index < -0.39 is 0 Å². The molecule has 0 saturated heterocycles. The van der Waals surface area contributed by atoms with Crippen molar-refractivity contribution in [2.24, 2.45) is 11.7 Å². The van der Waals surface area contributed by atoms with Crippen LogP contribution in [0.15, 0.2) is 17.9 Å². The average molecular weight is 332 g/mol. The minimum absolute atomic E-state index is 0.0652. The maximum atomic E-state index is 12.7. The van der Waals surface area contributed by atoms with Gasteiger partial charge >= 0.3 is 0 Å². The van der Waals surface area contributed by atoms with E-state index in [1.54, 1.807) is 0 Å². The highest BCUT2D eigenvalue weighted by molar-refractivity contribution is 6.22. The van der Waals surface area contributed by atoms with E-state index in [0.29, 0.717) is 25.0 Å². The number of aryl methyl sites for hydroxylation is 3. The number of carbonyl (C=O) groups excluding carboxylic acids is 1. The number of hydrogen-bond donors (Lipinski definition) is 2. The minimum atomic E-state index is 0.0652. The molecular weight excluding hydrogens is 298 g/mol. The van der Waals surface area contributed by atoms with Crippen molar-refractivity contribution in [1.29, 1.82) is 0 Å². The number of carbonyl (C=O) groups is 1. The molecule has 0 aliphatic heterocycles. The monoisotopic (exact) mass is 331 g/mol. The normalized spacial score (nSPS) is 17.6. The Morgan fingerprint density at radius 1 is 1.12 bits per heavy atom. The molecule has 0 amide bonds. The molecule has 1 aromatic rings. The molecule has 1 aromatic carbocycles. The SMILES string of the molecule is CC.CCc1cc(C)cc(CC)c1C1=C(O)CC(CCN)CC1=O. The number of aliphatic hydroxyl groups excluding tert-OH is 1. The largest absolute Gasteiger partial charge is 0.512 e. The number of rotatable bonds is 5. The average Bonchev–Trinajstić information content (AvgIpc) is 2.57. The summed E-state index contributed by atoms with van der Waals surface area (Å²) < 4.78 is 0. The maximum absolute atomic E-state index is 12.7. The molecule has 134 valence electrons. The van der Waals surface area contributed by atoms with Gasteiger partial charge in [0.2, 0.25) is 0 Å². The van der Waals surface area contributed by atoms with Gasteiger partial charge in [-0.3, -0.25) is 4.79 Å². The van der Waals surface area contributed by atoms with Crippen molar-refractivity contribution < 1.29 is 9.90 Å². The van der Waals surface area contributed by atoms with Crippen LogP contribution in [-0.4, -0.2) is 17.4 Å². The lowest BCUT2D eigenvalue weighted by molar-refractivity contribution is -0.115. The lowest BCUT2D eigenvalue weighted by atomic mass is 9.79. The van der Waals surface area contributed by atoms with E-state index in [1.165, 1.54) is 5.56 Å². The zero-order valence-corrected chi connectivity index (χ0v) is 15.9. The summed E-state index contributed by atoms with van der Waals surface area (Å²) in [5, 5.41) is 10.5. The first-order valence-electron chi connectivity index (χ1n) is 9.29. The van der Waals surface area contributed by atoms with Gasteiger partial charge in [-0.05, 0) is 55.3 Å². The highest BCUT2D eigenvalue weighted by Gasteiger charge is 2.30. The first-order valence-corrected chi connectivity index (χ1v) is 9.29. The second kappa shape index (κ2) is 9.63. The minimum Gasteiger partial charge on any atom is -0.512 e. The second-order valence-corrected chi connectivity index (χ2v) is 6.26. The molecule has 0 fully saturated rings. The predicted molar refractivity (Wildman–Crippen MR) is 102 cm³/mol. The van der Waals surface area contributed by atoms with E-state index in [1.807, 2.05) is 13.8 Å². The summed E-state index contributed by atoms with van der Waals surface area (Å²) in [6.07, 6.45) is 3.58.